The van der Waals surface area contributed by atoms with Gasteiger partial charge in [-0.15, -0.1) is 16.9 Å². The molecule has 1 aromatic heterocycles. The van der Waals surface area contributed by atoms with Crippen molar-refractivity contribution in [2.24, 2.45) is 0 Å². The van der Waals surface area contributed by atoms with Crippen LogP contribution in [0.1, 0.15) is 76.9 Å². The first-order valence-corrected chi connectivity index (χ1v) is 17.4. The van der Waals surface area contributed by atoms with E-state index in [0.717, 1.165) is 22.4 Å². The smallest absolute Gasteiger partial charge is 0.320 e. The lowest BCUT2D eigenvalue weighted by Crippen LogP contribution is -2.43. The van der Waals surface area contributed by atoms with Gasteiger partial charge in [0.2, 0.25) is 0 Å². The summed E-state index contributed by atoms with van der Waals surface area (Å²) in [5, 5.41) is 8.47. The van der Waals surface area contributed by atoms with Gasteiger partial charge in [-0.3, -0.25) is 14.9 Å². The minimum atomic E-state index is -1.82. The number of benzene rings is 2. The Morgan fingerprint density at radius 1 is 0.951 bits per heavy atom. The van der Waals surface area contributed by atoms with Gasteiger partial charge < -0.3 is 10.1 Å². The summed E-state index contributed by atoms with van der Waals surface area (Å²) in [6, 6.07) is 15.5. The fourth-order valence-electron chi connectivity index (χ4n) is 5.39. The Labute approximate surface area is 250 Å². The average Bonchev–Trinajstić information content (AvgIpc) is 3.37. The van der Waals surface area contributed by atoms with Gasteiger partial charge in [-0.05, 0) is 60.3 Å². The minimum Gasteiger partial charge on any atom is -0.462 e. The van der Waals surface area contributed by atoms with Crippen molar-refractivity contribution in [1.29, 1.82) is 0 Å². The normalized spacial score (nSPS) is 11.6. The SMILES string of the molecule is CC(C)OC(=O)CNCc1ccc(C(=O)Nc2nc(-c3cccc(C#C[Si](C(C)C)(C(C)C)C(C)C)c3)cs2)cc1. The van der Waals surface area contributed by atoms with Crippen molar-refractivity contribution < 1.29 is 14.3 Å². The number of ether oxygens (including phenoxy) is 1. The highest BCUT2D eigenvalue weighted by atomic mass is 32.1. The van der Waals surface area contributed by atoms with Gasteiger partial charge in [0, 0.05) is 28.6 Å². The zero-order chi connectivity index (χ0) is 30.2. The Bertz CT molecular complexity index is 1360. The van der Waals surface area contributed by atoms with Crippen LogP contribution in [-0.2, 0) is 16.1 Å². The molecule has 2 aromatic carbocycles. The van der Waals surface area contributed by atoms with Crippen LogP contribution in [0.5, 0.6) is 0 Å². The number of nitrogens with zero attached hydrogens (tertiary/aromatic N) is 1. The molecule has 0 fully saturated rings. The molecule has 0 unspecified atom stereocenters. The second-order valence-corrected chi connectivity index (χ2v) is 18.0. The fourth-order valence-corrected chi connectivity index (χ4v) is 11.3. The Hall–Kier alpha value is -3.25. The van der Waals surface area contributed by atoms with Crippen molar-refractivity contribution >= 4 is 36.4 Å². The van der Waals surface area contributed by atoms with Crippen molar-refractivity contribution in [1.82, 2.24) is 10.3 Å². The molecule has 0 aliphatic carbocycles. The van der Waals surface area contributed by atoms with E-state index in [4.69, 9.17) is 4.74 Å². The number of carbonyl (C=O) groups excluding carboxylic acids is 2. The number of thiazole rings is 1. The zero-order valence-electron chi connectivity index (χ0n) is 25.5. The first-order chi connectivity index (χ1) is 19.4. The standard InChI is InChI=1S/C33H43N3O3SSi/c1-22(2)39-31(37)20-34-19-27-12-14-28(15-13-27)32(38)36-33-35-30(21-40-33)29-11-9-10-26(18-29)16-17-41(23(3)4,24(5)6)25(7)8/h9-15,18,21-25,34H,19-20H2,1-8H3,(H,35,36,38). The van der Waals surface area contributed by atoms with Crippen LogP contribution in [0.25, 0.3) is 11.3 Å². The van der Waals surface area contributed by atoms with Crippen LogP contribution in [0, 0.1) is 11.5 Å². The van der Waals surface area contributed by atoms with E-state index in [1.807, 2.05) is 43.5 Å². The van der Waals surface area contributed by atoms with Gasteiger partial charge in [-0.1, -0.05) is 71.7 Å². The third-order valence-corrected chi connectivity index (χ3v) is 14.4. The second kappa shape index (κ2) is 14.6. The van der Waals surface area contributed by atoms with E-state index >= 15 is 0 Å². The number of aromatic nitrogens is 1. The molecule has 3 aromatic rings. The highest BCUT2D eigenvalue weighted by Crippen LogP contribution is 2.40. The summed E-state index contributed by atoms with van der Waals surface area (Å²) in [4.78, 5) is 29.2. The van der Waals surface area contributed by atoms with E-state index in [-0.39, 0.29) is 24.5 Å². The monoisotopic (exact) mass is 589 g/mol. The largest absolute Gasteiger partial charge is 0.462 e. The fraction of sp³-hybridized carbons (Fsp3) is 0.424. The first kappa shape index (κ1) is 32.3. The van der Waals surface area contributed by atoms with Crippen LogP contribution in [-0.4, -0.2) is 37.6 Å². The van der Waals surface area contributed by atoms with Crippen molar-refractivity contribution in [2.45, 2.75) is 84.7 Å². The van der Waals surface area contributed by atoms with Crippen LogP contribution in [0.4, 0.5) is 5.13 Å². The highest BCUT2D eigenvalue weighted by Gasteiger charge is 2.41. The first-order valence-electron chi connectivity index (χ1n) is 14.3. The lowest BCUT2D eigenvalue weighted by molar-refractivity contribution is -0.146. The molecular weight excluding hydrogens is 547 g/mol. The summed E-state index contributed by atoms with van der Waals surface area (Å²) in [6.07, 6.45) is -0.133. The van der Waals surface area contributed by atoms with E-state index in [0.29, 0.717) is 33.9 Å². The van der Waals surface area contributed by atoms with Crippen LogP contribution in [0.3, 0.4) is 0 Å². The van der Waals surface area contributed by atoms with Gasteiger partial charge in [0.25, 0.3) is 5.91 Å². The lowest BCUT2D eigenvalue weighted by atomic mass is 10.1. The summed E-state index contributed by atoms with van der Waals surface area (Å²) in [5.74, 6) is 3.01. The van der Waals surface area contributed by atoms with E-state index in [1.165, 1.54) is 11.3 Å². The molecule has 6 nitrogen and oxygen atoms in total. The third-order valence-electron chi connectivity index (χ3n) is 7.35. The molecule has 0 saturated carbocycles. The van der Waals surface area contributed by atoms with Crippen molar-refractivity contribution in [3.8, 4) is 22.7 Å². The predicted molar refractivity (Wildman–Crippen MR) is 173 cm³/mol. The van der Waals surface area contributed by atoms with E-state index in [2.05, 4.69) is 80.8 Å². The van der Waals surface area contributed by atoms with Crippen LogP contribution < -0.4 is 10.6 Å². The molecule has 2 N–H and O–H groups in total. The maximum absolute atomic E-state index is 12.8. The van der Waals surface area contributed by atoms with E-state index in [9.17, 15) is 9.59 Å². The summed E-state index contributed by atoms with van der Waals surface area (Å²) >= 11 is 1.40. The average molecular weight is 590 g/mol. The molecule has 3 rings (SSSR count). The van der Waals surface area contributed by atoms with E-state index < -0.39 is 8.07 Å². The summed E-state index contributed by atoms with van der Waals surface area (Å²) < 4.78 is 5.11. The molecule has 8 heteroatoms. The van der Waals surface area contributed by atoms with Gasteiger partial charge in [0.05, 0.1) is 18.3 Å². The van der Waals surface area contributed by atoms with Gasteiger partial charge in [-0.25, -0.2) is 4.98 Å². The topological polar surface area (TPSA) is 80.3 Å². The Morgan fingerprint density at radius 2 is 1.61 bits per heavy atom. The number of rotatable bonds is 11. The van der Waals surface area contributed by atoms with Crippen LogP contribution in [0.2, 0.25) is 16.6 Å². The quantitative estimate of drug-likeness (QED) is 0.136. The number of amides is 1. The molecule has 218 valence electrons. The summed E-state index contributed by atoms with van der Waals surface area (Å²) in [6.45, 7) is 18.2. The second-order valence-electron chi connectivity index (χ2n) is 11.6. The molecule has 0 bridgehead atoms. The number of carbonyl (C=O) groups is 2. The number of hydrogen-bond donors (Lipinski definition) is 2. The van der Waals surface area contributed by atoms with Crippen molar-refractivity contribution in [2.75, 3.05) is 11.9 Å². The number of hydrogen-bond acceptors (Lipinski definition) is 6. The molecule has 1 heterocycles. The number of esters is 1. The third kappa shape index (κ3) is 8.62. The summed E-state index contributed by atoms with van der Waals surface area (Å²) in [7, 11) is -1.82. The predicted octanol–water partition coefficient (Wildman–Crippen LogP) is 7.67. The molecule has 0 aliphatic heterocycles. The number of anilines is 1. The molecule has 0 atom stereocenters. The highest BCUT2D eigenvalue weighted by molar-refractivity contribution is 7.14. The molecule has 0 radical (unpaired) electrons. The van der Waals surface area contributed by atoms with Gasteiger partial charge in [-0.2, -0.15) is 0 Å². The molecule has 0 saturated heterocycles. The van der Waals surface area contributed by atoms with Crippen LogP contribution >= 0.6 is 11.3 Å². The maximum Gasteiger partial charge on any atom is 0.320 e. The zero-order valence-corrected chi connectivity index (χ0v) is 27.3. The Morgan fingerprint density at radius 3 is 2.22 bits per heavy atom. The molecule has 1 amide bonds. The molecular formula is C33H43N3O3SSi. The van der Waals surface area contributed by atoms with Gasteiger partial charge in [0.1, 0.15) is 8.07 Å². The van der Waals surface area contributed by atoms with E-state index in [1.54, 1.807) is 12.1 Å². The molecule has 0 aliphatic rings. The summed E-state index contributed by atoms with van der Waals surface area (Å²) in [5.41, 5.74) is 9.82. The molecule has 41 heavy (non-hydrogen) atoms. The molecule has 0 spiro atoms. The minimum absolute atomic E-state index is 0.133. The Balaban J connectivity index is 1.65. The van der Waals surface area contributed by atoms with Gasteiger partial charge in [0.15, 0.2) is 5.13 Å². The lowest BCUT2D eigenvalue weighted by Gasteiger charge is -2.38. The van der Waals surface area contributed by atoms with Crippen LogP contribution in [0.15, 0.2) is 53.9 Å². The Kier molecular flexibility index (Phi) is 11.5. The van der Waals surface area contributed by atoms with Crippen molar-refractivity contribution in [3.05, 3.63) is 70.6 Å². The maximum atomic E-state index is 12.8. The van der Waals surface area contributed by atoms with Crippen molar-refractivity contribution in [3.63, 3.8) is 0 Å². The van der Waals surface area contributed by atoms with Gasteiger partial charge >= 0.3 is 5.97 Å². The number of nitrogens with one attached hydrogen (secondary N) is 2.